The zero-order valence-electron chi connectivity index (χ0n) is 16.5. The highest BCUT2D eigenvalue weighted by Crippen LogP contribution is 2.24. The molecule has 6 heteroatoms. The van der Waals surface area contributed by atoms with Crippen molar-refractivity contribution in [3.05, 3.63) is 90.0 Å². The molecule has 29 heavy (non-hydrogen) atoms. The van der Waals surface area contributed by atoms with Crippen LogP contribution in [0.4, 0.5) is 11.4 Å². The van der Waals surface area contributed by atoms with Crippen molar-refractivity contribution in [2.24, 2.45) is 0 Å². The average Bonchev–Trinajstić information content (AvgIpc) is 2.69. The van der Waals surface area contributed by atoms with Crippen molar-refractivity contribution in [2.45, 2.75) is 25.2 Å². The number of aryl methyl sites for hydroxylation is 2. The summed E-state index contributed by atoms with van der Waals surface area (Å²) in [7, 11) is -3.79. The fourth-order valence-electron chi connectivity index (χ4n) is 2.97. The molecular formula is C23H24N2O3S. The number of benzene rings is 3. The Bertz CT molecular complexity index is 1080. The minimum absolute atomic E-state index is 0.0356. The van der Waals surface area contributed by atoms with E-state index in [1.165, 1.54) is 4.31 Å². The van der Waals surface area contributed by atoms with E-state index in [2.05, 4.69) is 5.32 Å². The summed E-state index contributed by atoms with van der Waals surface area (Å²) in [5, 5.41) is 2.83. The van der Waals surface area contributed by atoms with Crippen LogP contribution in [-0.4, -0.2) is 20.9 Å². The first-order valence-corrected chi connectivity index (χ1v) is 10.8. The minimum atomic E-state index is -3.79. The smallest absolute Gasteiger partial charge is 0.264 e. The van der Waals surface area contributed by atoms with Crippen LogP contribution in [0, 0.1) is 13.8 Å². The number of carbonyl (C=O) groups excluding carboxylic acids is 1. The van der Waals surface area contributed by atoms with Gasteiger partial charge < -0.3 is 5.32 Å². The summed E-state index contributed by atoms with van der Waals surface area (Å²) in [6.07, 6.45) is 0.0356. The molecule has 150 valence electrons. The molecule has 1 N–H and O–H groups in total. The molecule has 0 atom stereocenters. The molecule has 0 heterocycles. The molecule has 0 unspecified atom stereocenters. The van der Waals surface area contributed by atoms with E-state index >= 15 is 0 Å². The number of rotatable bonds is 7. The molecule has 0 aliphatic heterocycles. The van der Waals surface area contributed by atoms with Gasteiger partial charge in [0.15, 0.2) is 0 Å². The third-order valence-corrected chi connectivity index (χ3v) is 6.34. The second-order valence-electron chi connectivity index (χ2n) is 6.89. The molecule has 0 spiro atoms. The zero-order chi connectivity index (χ0) is 20.9. The topological polar surface area (TPSA) is 66.5 Å². The Morgan fingerprint density at radius 2 is 1.55 bits per heavy atom. The van der Waals surface area contributed by atoms with Gasteiger partial charge in [0.2, 0.25) is 5.91 Å². The first-order valence-electron chi connectivity index (χ1n) is 9.37. The number of nitrogens with zero attached hydrogens (tertiary/aromatic N) is 1. The third-order valence-electron chi connectivity index (χ3n) is 4.50. The van der Waals surface area contributed by atoms with E-state index in [1.54, 1.807) is 48.5 Å². The lowest BCUT2D eigenvalue weighted by atomic mass is 10.2. The lowest BCUT2D eigenvalue weighted by Gasteiger charge is -2.24. The predicted molar refractivity (Wildman–Crippen MR) is 117 cm³/mol. The van der Waals surface area contributed by atoms with E-state index in [-0.39, 0.29) is 23.8 Å². The molecule has 0 aliphatic rings. The largest absolute Gasteiger partial charge is 0.326 e. The lowest BCUT2D eigenvalue weighted by Crippen LogP contribution is -2.34. The van der Waals surface area contributed by atoms with E-state index in [0.29, 0.717) is 11.4 Å². The number of hydrogen-bond donors (Lipinski definition) is 1. The molecule has 0 radical (unpaired) electrons. The second-order valence-corrected chi connectivity index (χ2v) is 8.76. The molecule has 0 saturated carbocycles. The maximum atomic E-state index is 13.3. The van der Waals surface area contributed by atoms with Gasteiger partial charge in [-0.1, -0.05) is 48.0 Å². The van der Waals surface area contributed by atoms with Crippen molar-refractivity contribution < 1.29 is 13.2 Å². The minimum Gasteiger partial charge on any atom is -0.326 e. The second kappa shape index (κ2) is 8.92. The summed E-state index contributed by atoms with van der Waals surface area (Å²) in [4.78, 5) is 12.6. The van der Waals surface area contributed by atoms with Gasteiger partial charge in [0.25, 0.3) is 10.0 Å². The van der Waals surface area contributed by atoms with Crippen LogP contribution < -0.4 is 9.62 Å². The maximum absolute atomic E-state index is 13.3. The van der Waals surface area contributed by atoms with Crippen LogP contribution in [0.3, 0.4) is 0 Å². The molecular weight excluding hydrogens is 384 g/mol. The van der Waals surface area contributed by atoms with E-state index in [0.717, 1.165) is 11.1 Å². The van der Waals surface area contributed by atoms with E-state index < -0.39 is 10.0 Å². The van der Waals surface area contributed by atoms with Crippen LogP contribution in [0.15, 0.2) is 83.8 Å². The molecule has 0 aromatic heterocycles. The first kappa shape index (κ1) is 20.6. The van der Waals surface area contributed by atoms with Gasteiger partial charge in [-0.2, -0.15) is 0 Å². The highest BCUT2D eigenvalue weighted by Gasteiger charge is 2.25. The van der Waals surface area contributed by atoms with E-state index in [1.807, 2.05) is 44.2 Å². The number of anilines is 2. The van der Waals surface area contributed by atoms with Crippen LogP contribution in [0.5, 0.6) is 0 Å². The Labute approximate surface area is 172 Å². The Balaban J connectivity index is 1.81. The van der Waals surface area contributed by atoms with E-state index in [9.17, 15) is 13.2 Å². The fraction of sp³-hybridized carbons (Fsp3) is 0.174. The summed E-state index contributed by atoms with van der Waals surface area (Å²) < 4.78 is 27.8. The normalized spacial score (nSPS) is 11.1. The average molecular weight is 409 g/mol. The van der Waals surface area contributed by atoms with Gasteiger partial charge in [-0.25, -0.2) is 8.42 Å². The van der Waals surface area contributed by atoms with Gasteiger partial charge in [0.1, 0.15) is 0 Å². The molecule has 0 saturated heterocycles. The van der Waals surface area contributed by atoms with Gasteiger partial charge in [0.05, 0.1) is 10.6 Å². The highest BCUT2D eigenvalue weighted by molar-refractivity contribution is 7.92. The molecule has 1 amide bonds. The molecule has 5 nitrogen and oxygen atoms in total. The summed E-state index contributed by atoms with van der Waals surface area (Å²) in [5.74, 6) is -0.240. The van der Waals surface area contributed by atoms with E-state index in [4.69, 9.17) is 0 Å². The summed E-state index contributed by atoms with van der Waals surface area (Å²) >= 11 is 0. The third kappa shape index (κ3) is 5.23. The lowest BCUT2D eigenvalue weighted by molar-refractivity contribution is -0.116. The Morgan fingerprint density at radius 3 is 2.21 bits per heavy atom. The van der Waals surface area contributed by atoms with Crippen molar-refractivity contribution in [3.63, 3.8) is 0 Å². The molecule has 0 fully saturated rings. The molecule has 0 aliphatic carbocycles. The van der Waals surface area contributed by atoms with Crippen LogP contribution in [0.1, 0.15) is 17.5 Å². The van der Waals surface area contributed by atoms with Gasteiger partial charge in [-0.3, -0.25) is 9.10 Å². The SMILES string of the molecule is Cc1ccc(S(=O)(=O)N(CCC(=O)Nc2cccc(C)c2)c2ccccc2)cc1. The van der Waals surface area contributed by atoms with Crippen molar-refractivity contribution in [1.29, 1.82) is 0 Å². The summed E-state index contributed by atoms with van der Waals surface area (Å²) in [5.41, 5.74) is 3.24. The first-order chi connectivity index (χ1) is 13.9. The van der Waals surface area contributed by atoms with Crippen LogP contribution in [-0.2, 0) is 14.8 Å². The van der Waals surface area contributed by atoms with Crippen LogP contribution in [0.2, 0.25) is 0 Å². The highest BCUT2D eigenvalue weighted by atomic mass is 32.2. The molecule has 3 aromatic rings. The van der Waals surface area contributed by atoms with Crippen molar-refractivity contribution in [2.75, 3.05) is 16.2 Å². The van der Waals surface area contributed by atoms with Crippen LogP contribution >= 0.6 is 0 Å². The fourth-order valence-corrected chi connectivity index (χ4v) is 4.43. The Hall–Kier alpha value is -3.12. The quantitative estimate of drug-likeness (QED) is 0.625. The molecule has 0 bridgehead atoms. The standard InChI is InChI=1S/C23H24N2O3S/c1-18-11-13-22(14-12-18)29(27,28)25(21-9-4-3-5-10-21)16-15-23(26)24-20-8-6-7-19(2)17-20/h3-14,17H,15-16H2,1-2H3,(H,24,26). The molecule has 3 rings (SSSR count). The Kier molecular flexibility index (Phi) is 6.34. The van der Waals surface area contributed by atoms with Gasteiger partial charge in [-0.15, -0.1) is 0 Å². The predicted octanol–water partition coefficient (Wildman–Crippen LogP) is 4.53. The number of amides is 1. The number of hydrogen-bond acceptors (Lipinski definition) is 3. The van der Waals surface area contributed by atoms with Crippen molar-refractivity contribution >= 4 is 27.3 Å². The number of para-hydroxylation sites is 1. The molecule has 3 aromatic carbocycles. The number of sulfonamides is 1. The van der Waals surface area contributed by atoms with Gasteiger partial charge >= 0.3 is 0 Å². The summed E-state index contributed by atoms with van der Waals surface area (Å²) in [6, 6.07) is 23.0. The monoisotopic (exact) mass is 408 g/mol. The van der Waals surface area contributed by atoms with Gasteiger partial charge in [-0.05, 0) is 55.8 Å². The van der Waals surface area contributed by atoms with Crippen molar-refractivity contribution in [1.82, 2.24) is 0 Å². The van der Waals surface area contributed by atoms with Gasteiger partial charge in [0, 0.05) is 18.7 Å². The number of nitrogens with one attached hydrogen (secondary N) is 1. The summed E-state index contributed by atoms with van der Waals surface area (Å²) in [6.45, 7) is 3.89. The van der Waals surface area contributed by atoms with Crippen LogP contribution in [0.25, 0.3) is 0 Å². The maximum Gasteiger partial charge on any atom is 0.264 e. The van der Waals surface area contributed by atoms with Crippen molar-refractivity contribution in [3.8, 4) is 0 Å². The zero-order valence-corrected chi connectivity index (χ0v) is 17.3. The Morgan fingerprint density at radius 1 is 0.862 bits per heavy atom. The number of carbonyl (C=O) groups is 1.